The van der Waals surface area contributed by atoms with Gasteiger partial charge in [-0.1, -0.05) is 6.08 Å². The van der Waals surface area contributed by atoms with Crippen LogP contribution < -0.4 is 0 Å². The second-order valence-electron chi connectivity index (χ2n) is 2.27. The third-order valence-corrected chi connectivity index (χ3v) is 1.23. The largest absolute Gasteiger partial charge is 0.466 e. The van der Waals surface area contributed by atoms with Gasteiger partial charge in [-0.3, -0.25) is 0 Å². The smallest absolute Gasteiger partial charge is 0.330 e. The molecule has 0 aromatic carbocycles. The lowest BCUT2D eigenvalue weighted by Crippen LogP contribution is -1.96. The van der Waals surface area contributed by atoms with Gasteiger partial charge in [-0.25, -0.2) is 9.59 Å². The van der Waals surface area contributed by atoms with Crippen LogP contribution in [0.3, 0.4) is 0 Å². The van der Waals surface area contributed by atoms with Gasteiger partial charge in [0.25, 0.3) is 0 Å². The van der Waals surface area contributed by atoms with E-state index in [4.69, 9.17) is 0 Å². The van der Waals surface area contributed by atoms with Gasteiger partial charge in [-0.2, -0.15) is 0 Å². The molecular weight excluding hydrogens is 172 g/mol. The summed E-state index contributed by atoms with van der Waals surface area (Å²) in [5.41, 5.74) is 0.622. The molecule has 4 heteroatoms. The van der Waals surface area contributed by atoms with E-state index < -0.39 is 11.9 Å². The average molecular weight is 184 g/mol. The van der Waals surface area contributed by atoms with Gasteiger partial charge < -0.3 is 9.47 Å². The molecule has 0 saturated carbocycles. The van der Waals surface area contributed by atoms with Crippen LogP contribution in [0.1, 0.15) is 6.92 Å². The molecule has 0 radical (unpaired) electrons. The molecule has 0 amide bonds. The molecule has 0 saturated heterocycles. The third kappa shape index (κ3) is 5.66. The van der Waals surface area contributed by atoms with Crippen molar-refractivity contribution in [3.05, 3.63) is 23.8 Å². The zero-order chi connectivity index (χ0) is 10.3. The summed E-state index contributed by atoms with van der Waals surface area (Å²) in [5, 5.41) is 0. The molecule has 0 atom stereocenters. The van der Waals surface area contributed by atoms with E-state index in [9.17, 15) is 9.59 Å². The summed E-state index contributed by atoms with van der Waals surface area (Å²) in [7, 11) is 2.57. The lowest BCUT2D eigenvalue weighted by atomic mass is 10.2. The highest BCUT2D eigenvalue weighted by Crippen LogP contribution is 1.95. The summed E-state index contributed by atoms with van der Waals surface area (Å²) in [4.78, 5) is 21.3. The average Bonchev–Trinajstić information content (AvgIpc) is 2.13. The Kier molecular flexibility index (Phi) is 5.27. The highest BCUT2D eigenvalue weighted by Gasteiger charge is 1.94. The zero-order valence-corrected chi connectivity index (χ0v) is 7.87. The van der Waals surface area contributed by atoms with Crippen LogP contribution in [0.25, 0.3) is 0 Å². The van der Waals surface area contributed by atoms with Crippen LogP contribution in [-0.4, -0.2) is 26.2 Å². The molecule has 0 heterocycles. The number of methoxy groups -OCH3 is 2. The maximum Gasteiger partial charge on any atom is 0.330 e. The third-order valence-electron chi connectivity index (χ3n) is 1.23. The van der Waals surface area contributed by atoms with E-state index in [1.807, 2.05) is 0 Å². The summed E-state index contributed by atoms with van der Waals surface area (Å²) in [5.74, 6) is -0.912. The lowest BCUT2D eigenvalue weighted by molar-refractivity contribution is -0.135. The monoisotopic (exact) mass is 184 g/mol. The van der Waals surface area contributed by atoms with E-state index in [1.165, 1.54) is 32.4 Å². The van der Waals surface area contributed by atoms with Crippen LogP contribution in [0.2, 0.25) is 0 Å². The SMILES string of the molecule is COC(=O)/C=C\C(C)=C\C(=O)OC. The molecule has 0 aliphatic rings. The standard InChI is InChI=1S/C9H12O4/c1-7(6-9(11)13-3)4-5-8(10)12-2/h4-6H,1-3H3/b5-4-,7-6+. The Labute approximate surface area is 76.8 Å². The fraction of sp³-hybridized carbons (Fsp3) is 0.333. The maximum absolute atomic E-state index is 10.7. The normalized spacial score (nSPS) is 11.5. The van der Waals surface area contributed by atoms with Crippen molar-refractivity contribution in [2.75, 3.05) is 14.2 Å². The molecule has 0 aliphatic heterocycles. The van der Waals surface area contributed by atoms with E-state index >= 15 is 0 Å². The number of ether oxygens (including phenoxy) is 2. The number of carbonyl (C=O) groups is 2. The van der Waals surface area contributed by atoms with Gasteiger partial charge in [-0.05, 0) is 12.5 Å². The maximum atomic E-state index is 10.7. The molecule has 13 heavy (non-hydrogen) atoms. The molecular formula is C9H12O4. The van der Waals surface area contributed by atoms with Crippen molar-refractivity contribution < 1.29 is 19.1 Å². The quantitative estimate of drug-likeness (QED) is 0.370. The minimum atomic E-state index is -0.461. The number of esters is 2. The van der Waals surface area contributed by atoms with E-state index in [2.05, 4.69) is 9.47 Å². The van der Waals surface area contributed by atoms with Crippen molar-refractivity contribution in [1.82, 2.24) is 0 Å². The molecule has 0 unspecified atom stereocenters. The summed E-state index contributed by atoms with van der Waals surface area (Å²) in [6, 6.07) is 0. The molecule has 72 valence electrons. The second kappa shape index (κ2) is 5.99. The summed E-state index contributed by atoms with van der Waals surface area (Å²) in [6.45, 7) is 1.68. The van der Waals surface area contributed by atoms with Crippen LogP contribution in [0, 0.1) is 0 Å². The van der Waals surface area contributed by atoms with Crippen molar-refractivity contribution in [1.29, 1.82) is 0 Å². The Bertz CT molecular complexity index is 250. The van der Waals surface area contributed by atoms with Gasteiger partial charge in [-0.15, -0.1) is 0 Å². The number of rotatable bonds is 3. The van der Waals surface area contributed by atoms with Gasteiger partial charge in [0.15, 0.2) is 0 Å². The van der Waals surface area contributed by atoms with Crippen molar-refractivity contribution in [2.45, 2.75) is 6.92 Å². The summed E-state index contributed by atoms with van der Waals surface area (Å²) in [6.07, 6.45) is 3.98. The number of hydrogen-bond acceptors (Lipinski definition) is 4. The predicted octanol–water partition coefficient (Wildman–Crippen LogP) is 0.835. The minimum Gasteiger partial charge on any atom is -0.466 e. The Balaban J connectivity index is 4.21. The van der Waals surface area contributed by atoms with E-state index in [-0.39, 0.29) is 0 Å². The molecule has 0 bridgehead atoms. The molecule has 0 aromatic heterocycles. The Hall–Kier alpha value is -1.58. The van der Waals surface area contributed by atoms with Gasteiger partial charge in [0.2, 0.25) is 0 Å². The molecule has 0 spiro atoms. The Morgan fingerprint density at radius 2 is 1.54 bits per heavy atom. The minimum absolute atomic E-state index is 0.452. The van der Waals surface area contributed by atoms with Gasteiger partial charge in [0.05, 0.1) is 14.2 Å². The molecule has 0 N–H and O–H groups in total. The van der Waals surface area contributed by atoms with E-state index in [0.29, 0.717) is 5.57 Å². The topological polar surface area (TPSA) is 52.6 Å². The van der Waals surface area contributed by atoms with Crippen LogP contribution in [-0.2, 0) is 19.1 Å². The lowest BCUT2D eigenvalue weighted by Gasteiger charge is -1.92. The fourth-order valence-electron chi connectivity index (χ4n) is 0.560. The summed E-state index contributed by atoms with van der Waals surface area (Å²) < 4.78 is 8.75. The summed E-state index contributed by atoms with van der Waals surface area (Å²) >= 11 is 0. The first-order valence-corrected chi connectivity index (χ1v) is 3.62. The van der Waals surface area contributed by atoms with Crippen molar-refractivity contribution in [2.24, 2.45) is 0 Å². The van der Waals surface area contributed by atoms with Crippen LogP contribution >= 0.6 is 0 Å². The van der Waals surface area contributed by atoms with Crippen molar-refractivity contribution >= 4 is 11.9 Å². The highest BCUT2D eigenvalue weighted by atomic mass is 16.5. The zero-order valence-electron chi connectivity index (χ0n) is 7.87. The molecule has 0 aliphatic carbocycles. The Morgan fingerprint density at radius 3 is 2.00 bits per heavy atom. The fourth-order valence-corrected chi connectivity index (χ4v) is 0.560. The number of carbonyl (C=O) groups excluding carboxylic acids is 2. The highest BCUT2D eigenvalue weighted by molar-refractivity contribution is 5.85. The van der Waals surface area contributed by atoms with E-state index in [0.717, 1.165) is 0 Å². The first kappa shape index (κ1) is 11.4. The van der Waals surface area contributed by atoms with Gasteiger partial charge in [0.1, 0.15) is 0 Å². The van der Waals surface area contributed by atoms with Crippen molar-refractivity contribution in [3.63, 3.8) is 0 Å². The first-order valence-electron chi connectivity index (χ1n) is 3.62. The molecule has 0 aromatic rings. The van der Waals surface area contributed by atoms with Gasteiger partial charge >= 0.3 is 11.9 Å². The van der Waals surface area contributed by atoms with Crippen LogP contribution in [0.5, 0.6) is 0 Å². The molecule has 0 rings (SSSR count). The number of allylic oxidation sites excluding steroid dienone is 2. The van der Waals surface area contributed by atoms with Crippen molar-refractivity contribution in [3.8, 4) is 0 Å². The number of hydrogen-bond donors (Lipinski definition) is 0. The van der Waals surface area contributed by atoms with Crippen LogP contribution in [0.4, 0.5) is 0 Å². The predicted molar refractivity (Wildman–Crippen MR) is 46.9 cm³/mol. The van der Waals surface area contributed by atoms with Crippen LogP contribution in [0.15, 0.2) is 23.8 Å². The second-order valence-corrected chi connectivity index (χ2v) is 2.27. The van der Waals surface area contributed by atoms with E-state index in [1.54, 1.807) is 6.92 Å². The molecule has 0 fully saturated rings. The first-order chi connectivity index (χ1) is 6.10. The molecule has 4 nitrogen and oxygen atoms in total. The Morgan fingerprint density at radius 1 is 1.00 bits per heavy atom. The van der Waals surface area contributed by atoms with Gasteiger partial charge in [0, 0.05) is 12.2 Å².